The first-order valence-corrected chi connectivity index (χ1v) is 10.2. The third-order valence-electron chi connectivity index (χ3n) is 6.17. The molecule has 24 heavy (non-hydrogen) atoms. The Morgan fingerprint density at radius 2 is 1.79 bits per heavy atom. The fourth-order valence-electron chi connectivity index (χ4n) is 4.86. The minimum Gasteiger partial charge on any atom is -0.151 e. The molecular weight excluding hydrogens is 308 g/mol. The van der Waals surface area contributed by atoms with Gasteiger partial charge in [0, 0.05) is 15.9 Å². The Kier molecular flexibility index (Phi) is 3.25. The third kappa shape index (κ3) is 2.14. The Morgan fingerprint density at radius 3 is 2.67 bits per heavy atom. The molecule has 2 aromatic rings. The van der Waals surface area contributed by atoms with E-state index in [4.69, 9.17) is 0 Å². The summed E-state index contributed by atoms with van der Waals surface area (Å²) < 4.78 is 0. The lowest BCUT2D eigenvalue weighted by Gasteiger charge is -2.33. The quantitative estimate of drug-likeness (QED) is 0.579. The minimum absolute atomic E-state index is 0.113. The van der Waals surface area contributed by atoms with Crippen molar-refractivity contribution in [2.45, 2.75) is 55.4 Å². The first-order valence-electron chi connectivity index (χ1n) is 9.24. The van der Waals surface area contributed by atoms with E-state index < -0.39 is 0 Å². The molecule has 0 spiro atoms. The summed E-state index contributed by atoms with van der Waals surface area (Å²) in [4.78, 5) is 0. The van der Waals surface area contributed by atoms with Gasteiger partial charge in [-0.15, -0.1) is 0 Å². The number of benzene rings is 2. The summed E-state index contributed by atoms with van der Waals surface area (Å²) in [5, 5.41) is 1.60. The highest BCUT2D eigenvalue weighted by Gasteiger charge is 2.35. The van der Waals surface area contributed by atoms with Crippen LogP contribution in [0.1, 0.15) is 56.2 Å². The summed E-state index contributed by atoms with van der Waals surface area (Å²) >= 11 is 2.21. The molecule has 0 N–H and O–H groups in total. The first-order chi connectivity index (χ1) is 11.6. The van der Waals surface area contributed by atoms with E-state index >= 15 is 0 Å². The van der Waals surface area contributed by atoms with Crippen LogP contribution in [0.25, 0.3) is 16.7 Å². The van der Waals surface area contributed by atoms with Crippen LogP contribution in [0.15, 0.2) is 48.5 Å². The summed E-state index contributed by atoms with van der Waals surface area (Å²) in [6.07, 6.45) is 8.01. The Balaban J connectivity index is 1.61. The van der Waals surface area contributed by atoms with Crippen LogP contribution in [-0.2, 0) is 5.41 Å². The Hall–Kier alpha value is -1.47. The van der Waals surface area contributed by atoms with Gasteiger partial charge in [-0.2, -0.15) is 11.8 Å². The van der Waals surface area contributed by atoms with Gasteiger partial charge in [-0.1, -0.05) is 62.7 Å². The predicted molar refractivity (Wildman–Crippen MR) is 106 cm³/mol. The number of rotatable bonds is 1. The highest BCUT2D eigenvalue weighted by molar-refractivity contribution is 8.00. The molecule has 3 aliphatic rings. The Morgan fingerprint density at radius 1 is 0.958 bits per heavy atom. The van der Waals surface area contributed by atoms with Crippen molar-refractivity contribution in [3.8, 4) is 11.1 Å². The van der Waals surface area contributed by atoms with Gasteiger partial charge in [0.1, 0.15) is 0 Å². The van der Waals surface area contributed by atoms with Gasteiger partial charge < -0.3 is 0 Å². The molecule has 1 aliphatic carbocycles. The van der Waals surface area contributed by atoms with Crippen molar-refractivity contribution in [1.82, 2.24) is 0 Å². The average Bonchev–Trinajstić information content (AvgIpc) is 2.83. The van der Waals surface area contributed by atoms with Crippen molar-refractivity contribution in [1.29, 1.82) is 0 Å². The van der Waals surface area contributed by atoms with Crippen molar-refractivity contribution in [3.05, 3.63) is 65.2 Å². The van der Waals surface area contributed by atoms with Gasteiger partial charge in [-0.05, 0) is 58.7 Å². The summed E-state index contributed by atoms with van der Waals surface area (Å²) in [7, 11) is 0. The second-order valence-corrected chi connectivity index (χ2v) is 9.60. The molecule has 5 rings (SSSR count). The lowest BCUT2D eigenvalue weighted by atomic mass is 9.81. The third-order valence-corrected chi connectivity index (χ3v) is 7.68. The zero-order valence-electron chi connectivity index (χ0n) is 14.5. The Labute approximate surface area is 149 Å². The number of hydrogen-bond donors (Lipinski definition) is 0. The summed E-state index contributed by atoms with van der Waals surface area (Å²) in [6.45, 7) is 4.75. The molecule has 0 amide bonds. The van der Waals surface area contributed by atoms with Gasteiger partial charge in [-0.3, -0.25) is 0 Å². The van der Waals surface area contributed by atoms with Crippen LogP contribution < -0.4 is 0 Å². The zero-order chi connectivity index (χ0) is 16.3. The number of hydrogen-bond acceptors (Lipinski definition) is 1. The summed E-state index contributed by atoms with van der Waals surface area (Å²) in [6, 6.07) is 16.2. The molecule has 2 unspecified atom stereocenters. The summed E-state index contributed by atoms with van der Waals surface area (Å²) in [5.74, 6) is 0. The van der Waals surface area contributed by atoms with Crippen LogP contribution in [0.3, 0.4) is 0 Å². The topological polar surface area (TPSA) is 0 Å². The van der Waals surface area contributed by atoms with Gasteiger partial charge in [-0.25, -0.2) is 0 Å². The van der Waals surface area contributed by atoms with E-state index in [9.17, 15) is 0 Å². The molecule has 0 aromatic heterocycles. The SMILES string of the molecule is CC1(C)c2ccccc2-c2ccc(C3=CC4CCCC(C3)S4)cc21. The highest BCUT2D eigenvalue weighted by atomic mass is 32.2. The number of thioether (sulfide) groups is 1. The van der Waals surface area contributed by atoms with Crippen LogP contribution in [0.4, 0.5) is 0 Å². The predicted octanol–water partition coefficient (Wildman–Crippen LogP) is 6.43. The normalized spacial score (nSPS) is 26.5. The van der Waals surface area contributed by atoms with Gasteiger partial charge in [0.25, 0.3) is 0 Å². The lowest BCUT2D eigenvalue weighted by Crippen LogP contribution is -2.21. The van der Waals surface area contributed by atoms with E-state index in [1.54, 1.807) is 5.57 Å². The fraction of sp³-hybridized carbons (Fsp3) is 0.391. The molecule has 2 heterocycles. The van der Waals surface area contributed by atoms with E-state index in [-0.39, 0.29) is 5.41 Å². The van der Waals surface area contributed by atoms with Gasteiger partial charge in [0.15, 0.2) is 0 Å². The molecule has 1 fully saturated rings. The average molecular weight is 333 g/mol. The molecule has 1 saturated heterocycles. The minimum atomic E-state index is 0.113. The van der Waals surface area contributed by atoms with Crippen molar-refractivity contribution in [2.24, 2.45) is 0 Å². The standard InChI is InChI=1S/C23H24S/c1-23(2)21-9-4-3-8-19(21)20-11-10-15(14-22(20)23)16-12-17-6-5-7-18(13-16)24-17/h3-4,8-12,14,17-18H,5-7,13H2,1-2H3. The van der Waals surface area contributed by atoms with E-state index in [2.05, 4.69) is 74.1 Å². The molecule has 2 bridgehead atoms. The molecule has 0 radical (unpaired) electrons. The molecule has 0 saturated carbocycles. The summed E-state index contributed by atoms with van der Waals surface area (Å²) in [5.41, 5.74) is 9.01. The lowest BCUT2D eigenvalue weighted by molar-refractivity contribution is 0.629. The maximum absolute atomic E-state index is 2.57. The smallest absolute Gasteiger partial charge is 0.0235 e. The van der Waals surface area contributed by atoms with Crippen molar-refractivity contribution >= 4 is 17.3 Å². The maximum atomic E-state index is 2.57. The molecule has 2 aliphatic heterocycles. The van der Waals surface area contributed by atoms with Crippen LogP contribution in [-0.4, -0.2) is 10.5 Å². The van der Waals surface area contributed by atoms with E-state index in [1.165, 1.54) is 53.5 Å². The largest absolute Gasteiger partial charge is 0.151 e. The maximum Gasteiger partial charge on any atom is 0.0235 e. The molecule has 1 heteroatoms. The molecule has 0 nitrogen and oxygen atoms in total. The Bertz CT molecular complexity index is 843. The van der Waals surface area contributed by atoms with Crippen LogP contribution in [0.5, 0.6) is 0 Å². The number of fused-ring (bicyclic) bond motifs is 5. The van der Waals surface area contributed by atoms with Crippen molar-refractivity contribution in [2.75, 3.05) is 0 Å². The molecule has 2 atom stereocenters. The van der Waals surface area contributed by atoms with Gasteiger partial charge in [0.2, 0.25) is 0 Å². The first kappa shape index (κ1) is 14.8. The van der Waals surface area contributed by atoms with Gasteiger partial charge in [0.05, 0.1) is 0 Å². The highest BCUT2D eigenvalue weighted by Crippen LogP contribution is 2.50. The monoisotopic (exact) mass is 332 g/mol. The fourth-order valence-corrected chi connectivity index (χ4v) is 6.48. The van der Waals surface area contributed by atoms with Crippen molar-refractivity contribution in [3.63, 3.8) is 0 Å². The number of allylic oxidation sites excluding steroid dienone is 1. The van der Waals surface area contributed by atoms with E-state index in [1.807, 2.05) is 0 Å². The second-order valence-electron chi connectivity index (χ2n) is 8.05. The van der Waals surface area contributed by atoms with Crippen molar-refractivity contribution < 1.29 is 0 Å². The van der Waals surface area contributed by atoms with Crippen LogP contribution in [0, 0.1) is 0 Å². The molecular formula is C23H24S. The van der Waals surface area contributed by atoms with Gasteiger partial charge >= 0.3 is 0 Å². The van der Waals surface area contributed by atoms with E-state index in [0.717, 1.165) is 10.5 Å². The molecule has 2 aromatic carbocycles. The van der Waals surface area contributed by atoms with Crippen LogP contribution in [0.2, 0.25) is 0 Å². The van der Waals surface area contributed by atoms with Crippen LogP contribution >= 0.6 is 11.8 Å². The molecule has 122 valence electrons. The van der Waals surface area contributed by atoms with E-state index in [0.29, 0.717) is 0 Å². The second kappa shape index (κ2) is 5.26. The zero-order valence-corrected chi connectivity index (χ0v) is 15.3.